The highest BCUT2D eigenvalue weighted by molar-refractivity contribution is 6.31. The summed E-state index contributed by atoms with van der Waals surface area (Å²) in [5, 5.41) is 7.62. The highest BCUT2D eigenvalue weighted by atomic mass is 35.5. The number of likely N-dealkylation sites (N-methyl/N-ethyl adjacent to an activating group) is 1. The van der Waals surface area contributed by atoms with Gasteiger partial charge in [0.2, 0.25) is 0 Å². The van der Waals surface area contributed by atoms with Crippen molar-refractivity contribution in [3.05, 3.63) is 76.3 Å². The Labute approximate surface area is 179 Å². The molecule has 0 amide bonds. The Morgan fingerprint density at radius 3 is 2.69 bits per heavy atom. The van der Waals surface area contributed by atoms with Gasteiger partial charge < -0.3 is 4.74 Å². The number of hydrogen-bond acceptors (Lipinski definition) is 5. The van der Waals surface area contributed by atoms with Crippen molar-refractivity contribution in [2.75, 3.05) is 13.7 Å². The zero-order valence-corrected chi connectivity index (χ0v) is 17.8. The van der Waals surface area contributed by atoms with E-state index in [1.54, 1.807) is 6.33 Å². The highest BCUT2D eigenvalue weighted by Crippen LogP contribution is 2.41. The molecule has 0 unspecified atom stereocenters. The fourth-order valence-corrected chi connectivity index (χ4v) is 3.99. The maximum Gasteiger partial charge on any atom is 0.137 e. The molecule has 0 saturated carbocycles. The average Bonchev–Trinajstić information content (AvgIpc) is 3.32. The molecule has 1 aliphatic rings. The van der Waals surface area contributed by atoms with Gasteiger partial charge in [0.15, 0.2) is 0 Å². The van der Waals surface area contributed by atoms with Crippen molar-refractivity contribution in [2.45, 2.75) is 31.5 Å². The molecule has 0 spiro atoms. The van der Waals surface area contributed by atoms with E-state index in [2.05, 4.69) is 10.1 Å². The van der Waals surface area contributed by atoms with Gasteiger partial charge in [-0.2, -0.15) is 10.2 Å². The van der Waals surface area contributed by atoms with Crippen molar-refractivity contribution in [3.63, 3.8) is 0 Å². The molecule has 0 bridgehead atoms. The van der Waals surface area contributed by atoms with E-state index in [4.69, 9.17) is 32.8 Å². The van der Waals surface area contributed by atoms with Crippen molar-refractivity contribution < 1.29 is 9.57 Å². The molecule has 0 aliphatic carbocycles. The molecule has 1 saturated heterocycles. The molecule has 1 aliphatic heterocycles. The molecule has 0 N–H and O–H groups in total. The van der Waals surface area contributed by atoms with E-state index in [-0.39, 0.29) is 6.10 Å². The van der Waals surface area contributed by atoms with Crippen LogP contribution >= 0.6 is 23.2 Å². The van der Waals surface area contributed by atoms with Crippen LogP contribution in [0.1, 0.15) is 17.5 Å². The minimum atomic E-state index is -0.414. The van der Waals surface area contributed by atoms with Crippen LogP contribution in [0.15, 0.2) is 55.1 Å². The number of benzene rings is 2. The molecule has 3 aromatic rings. The van der Waals surface area contributed by atoms with Gasteiger partial charge in [0.25, 0.3) is 0 Å². The second-order valence-electron chi connectivity index (χ2n) is 7.28. The minimum absolute atomic E-state index is 0.116. The standard InChI is InChI=1S/C21H22Cl2N4O2/c1-15-9-18(7-8-20(15)23)28-11-19-10-21(26(2)29-19,12-27-14-24-13-25-27)16-3-5-17(22)6-4-16/h3-9,13-14,19H,10-12H2,1-2H3/t19-,21+/m0/s1. The molecular weight excluding hydrogens is 411 g/mol. The Bertz CT molecular complexity index is 965. The van der Waals surface area contributed by atoms with Crippen LogP contribution in [0.2, 0.25) is 10.0 Å². The van der Waals surface area contributed by atoms with Gasteiger partial charge in [0, 0.05) is 23.5 Å². The third-order valence-corrected chi connectivity index (χ3v) is 5.99. The summed E-state index contributed by atoms with van der Waals surface area (Å²) in [4.78, 5) is 10.2. The predicted molar refractivity (Wildman–Crippen MR) is 112 cm³/mol. The Morgan fingerprint density at radius 2 is 2.00 bits per heavy atom. The molecule has 1 fully saturated rings. The monoisotopic (exact) mass is 432 g/mol. The fraction of sp³-hybridized carbons (Fsp3) is 0.333. The third-order valence-electron chi connectivity index (χ3n) is 5.31. The third kappa shape index (κ3) is 4.26. The summed E-state index contributed by atoms with van der Waals surface area (Å²) >= 11 is 12.2. The Hall–Kier alpha value is -2.12. The smallest absolute Gasteiger partial charge is 0.137 e. The van der Waals surface area contributed by atoms with E-state index in [0.29, 0.717) is 18.2 Å². The van der Waals surface area contributed by atoms with E-state index in [1.165, 1.54) is 6.33 Å². The Morgan fingerprint density at radius 1 is 1.21 bits per heavy atom. The summed E-state index contributed by atoms with van der Waals surface area (Å²) in [5.74, 6) is 0.776. The van der Waals surface area contributed by atoms with Crippen LogP contribution in [0.25, 0.3) is 0 Å². The lowest BCUT2D eigenvalue weighted by atomic mass is 9.85. The highest BCUT2D eigenvalue weighted by Gasteiger charge is 2.47. The average molecular weight is 433 g/mol. The van der Waals surface area contributed by atoms with Crippen molar-refractivity contribution >= 4 is 23.2 Å². The maximum absolute atomic E-state index is 6.17. The van der Waals surface area contributed by atoms with Gasteiger partial charge in [-0.3, -0.25) is 9.52 Å². The molecule has 2 aromatic carbocycles. The van der Waals surface area contributed by atoms with E-state index < -0.39 is 5.54 Å². The van der Waals surface area contributed by atoms with Crippen LogP contribution in [-0.2, 0) is 16.9 Å². The van der Waals surface area contributed by atoms with Gasteiger partial charge in [-0.15, -0.1) is 0 Å². The lowest BCUT2D eigenvalue weighted by Crippen LogP contribution is -2.42. The summed E-state index contributed by atoms with van der Waals surface area (Å²) in [6, 6.07) is 13.5. The quantitative estimate of drug-likeness (QED) is 0.573. The zero-order valence-electron chi connectivity index (χ0n) is 16.3. The van der Waals surface area contributed by atoms with Crippen molar-refractivity contribution in [2.24, 2.45) is 0 Å². The van der Waals surface area contributed by atoms with Crippen LogP contribution < -0.4 is 4.74 Å². The number of nitrogens with zero attached hydrogens (tertiary/aromatic N) is 4. The number of rotatable bonds is 6. The molecule has 6 nitrogen and oxygen atoms in total. The SMILES string of the molecule is Cc1cc(OC[C@@H]2C[C@@](Cn3cncn3)(c3ccc(Cl)cc3)N(C)O2)ccc1Cl. The predicted octanol–water partition coefficient (Wildman–Crippen LogP) is 4.50. The first-order chi connectivity index (χ1) is 14.0. The summed E-state index contributed by atoms with van der Waals surface area (Å²) in [6.45, 7) is 2.98. The normalized spacial score (nSPS) is 22.1. The van der Waals surface area contributed by atoms with Crippen molar-refractivity contribution in [3.8, 4) is 5.75 Å². The lowest BCUT2D eigenvalue weighted by molar-refractivity contribution is -0.180. The first kappa shape index (κ1) is 20.2. The van der Waals surface area contributed by atoms with E-state index in [1.807, 2.05) is 66.2 Å². The van der Waals surface area contributed by atoms with E-state index in [0.717, 1.165) is 28.3 Å². The molecule has 0 radical (unpaired) electrons. The summed E-state index contributed by atoms with van der Waals surface area (Å²) < 4.78 is 7.81. The molecule has 1 aromatic heterocycles. The number of aryl methyl sites for hydroxylation is 1. The summed E-state index contributed by atoms with van der Waals surface area (Å²) in [7, 11) is 1.94. The molecule has 29 heavy (non-hydrogen) atoms. The lowest BCUT2D eigenvalue weighted by Gasteiger charge is -2.34. The number of hydroxylamine groups is 2. The molecule has 4 rings (SSSR count). The van der Waals surface area contributed by atoms with Gasteiger partial charge >= 0.3 is 0 Å². The molecule has 2 heterocycles. The Balaban J connectivity index is 1.55. The van der Waals surface area contributed by atoms with E-state index in [9.17, 15) is 0 Å². The van der Waals surface area contributed by atoms with Crippen LogP contribution in [0.3, 0.4) is 0 Å². The number of aromatic nitrogens is 3. The first-order valence-electron chi connectivity index (χ1n) is 9.34. The maximum atomic E-state index is 6.17. The van der Waals surface area contributed by atoms with Crippen LogP contribution in [-0.4, -0.2) is 39.6 Å². The summed E-state index contributed by atoms with van der Waals surface area (Å²) in [5.41, 5.74) is 1.67. The minimum Gasteiger partial charge on any atom is -0.491 e. The summed E-state index contributed by atoms with van der Waals surface area (Å²) in [6.07, 6.45) is 3.87. The van der Waals surface area contributed by atoms with Crippen molar-refractivity contribution in [1.29, 1.82) is 0 Å². The molecule has 2 atom stereocenters. The Kier molecular flexibility index (Phi) is 5.79. The van der Waals surface area contributed by atoms with Gasteiger partial charge in [-0.05, 0) is 48.4 Å². The molecular formula is C21H22Cl2N4O2. The number of halogens is 2. The molecule has 152 valence electrons. The van der Waals surface area contributed by atoms with Crippen LogP contribution in [0.5, 0.6) is 5.75 Å². The molecule has 8 heteroatoms. The van der Waals surface area contributed by atoms with Gasteiger partial charge in [-0.25, -0.2) is 4.98 Å². The van der Waals surface area contributed by atoms with Gasteiger partial charge in [-0.1, -0.05) is 35.3 Å². The first-order valence-corrected chi connectivity index (χ1v) is 10.1. The largest absolute Gasteiger partial charge is 0.491 e. The zero-order chi connectivity index (χ0) is 20.4. The van der Waals surface area contributed by atoms with Crippen LogP contribution in [0, 0.1) is 6.92 Å². The van der Waals surface area contributed by atoms with E-state index >= 15 is 0 Å². The fourth-order valence-electron chi connectivity index (χ4n) is 3.75. The number of hydrogen-bond donors (Lipinski definition) is 0. The number of ether oxygens (including phenoxy) is 1. The van der Waals surface area contributed by atoms with Crippen molar-refractivity contribution in [1.82, 2.24) is 19.8 Å². The van der Waals surface area contributed by atoms with Gasteiger partial charge in [0.05, 0.1) is 12.1 Å². The second-order valence-corrected chi connectivity index (χ2v) is 8.13. The topological polar surface area (TPSA) is 52.4 Å². The van der Waals surface area contributed by atoms with Crippen LogP contribution in [0.4, 0.5) is 0 Å². The van der Waals surface area contributed by atoms with Gasteiger partial charge in [0.1, 0.15) is 31.1 Å². The second kappa shape index (κ2) is 8.32.